The van der Waals surface area contributed by atoms with Gasteiger partial charge < -0.3 is 20.8 Å². The van der Waals surface area contributed by atoms with Gasteiger partial charge in [-0.3, -0.25) is 28.8 Å². The Morgan fingerprint density at radius 1 is 0.667 bits per heavy atom. The van der Waals surface area contributed by atoms with Crippen LogP contribution in [0.3, 0.4) is 0 Å². The maximum absolute atomic E-state index is 13.0. The summed E-state index contributed by atoms with van der Waals surface area (Å²) < 4.78 is 0. The van der Waals surface area contributed by atoms with E-state index < -0.39 is 70.0 Å². The Morgan fingerprint density at radius 3 is 1.29 bits per heavy atom. The molecule has 0 bridgehead atoms. The SMILES string of the molecule is CC(=O)N[C@@H](CSC1CC(=O)N(c2ccc(SSc3ccc(N4C(=O)CC(SC[C@H](NC(C)=O)C(=O)O)C4=O)cc3)cc2)C1=O)C(=O)O. The number of carboxylic acid groups (broad SMARTS) is 2. The molecule has 2 aromatic rings. The second-order valence-electron chi connectivity index (χ2n) is 10.5. The molecule has 0 aromatic heterocycles. The molecule has 254 valence electrons. The second-order valence-corrected chi connectivity index (χ2v) is 15.3. The number of hydrogen-bond acceptors (Lipinski definition) is 12. The molecule has 2 aliphatic heterocycles. The van der Waals surface area contributed by atoms with Gasteiger partial charge in [0.15, 0.2) is 0 Å². The number of rotatable bonds is 15. The van der Waals surface area contributed by atoms with E-state index in [-0.39, 0.29) is 24.3 Å². The monoisotopic (exact) mass is 734 g/mol. The van der Waals surface area contributed by atoms with Crippen molar-refractivity contribution in [2.75, 3.05) is 21.3 Å². The first-order valence-corrected chi connectivity index (χ1v) is 18.5. The first kappa shape index (κ1) is 36.8. The number of nitrogens with one attached hydrogen (secondary N) is 2. The van der Waals surface area contributed by atoms with E-state index in [9.17, 15) is 48.6 Å². The Hall–Kier alpha value is -4.00. The van der Waals surface area contributed by atoms with Crippen molar-refractivity contribution in [3.05, 3.63) is 48.5 Å². The van der Waals surface area contributed by atoms with Crippen LogP contribution >= 0.6 is 45.1 Å². The van der Waals surface area contributed by atoms with Crippen LogP contribution < -0.4 is 20.4 Å². The number of carbonyl (C=O) groups is 8. The number of hydrogen-bond donors (Lipinski definition) is 4. The van der Waals surface area contributed by atoms with E-state index in [1.807, 2.05) is 0 Å². The summed E-state index contributed by atoms with van der Waals surface area (Å²) in [5.41, 5.74) is 0.766. The molecule has 14 nitrogen and oxygen atoms in total. The molecule has 2 heterocycles. The molecule has 2 aliphatic rings. The van der Waals surface area contributed by atoms with Gasteiger partial charge in [0.2, 0.25) is 35.4 Å². The van der Waals surface area contributed by atoms with Crippen LogP contribution in [-0.2, 0) is 38.4 Å². The van der Waals surface area contributed by atoms with Gasteiger partial charge in [-0.2, -0.15) is 0 Å². The number of nitrogens with zero attached hydrogens (tertiary/aromatic N) is 2. The predicted octanol–water partition coefficient (Wildman–Crippen LogP) is 2.39. The minimum absolute atomic E-state index is 0.0689. The normalized spacial score (nSPS) is 19.0. The number of carboxylic acids is 2. The zero-order valence-corrected chi connectivity index (χ0v) is 28.7. The van der Waals surface area contributed by atoms with Gasteiger partial charge in [0, 0.05) is 48.0 Å². The summed E-state index contributed by atoms with van der Waals surface area (Å²) in [6, 6.07) is 11.2. The molecule has 0 saturated carbocycles. The fourth-order valence-electron chi connectivity index (χ4n) is 4.67. The van der Waals surface area contributed by atoms with Crippen LogP contribution in [0.1, 0.15) is 26.7 Å². The van der Waals surface area contributed by atoms with Crippen LogP contribution in [0.2, 0.25) is 0 Å². The zero-order chi connectivity index (χ0) is 35.1. The summed E-state index contributed by atoms with van der Waals surface area (Å²) >= 11 is 2.02. The van der Waals surface area contributed by atoms with Gasteiger partial charge in [-0.25, -0.2) is 19.4 Å². The topological polar surface area (TPSA) is 208 Å². The minimum atomic E-state index is -1.23. The average molecular weight is 735 g/mol. The van der Waals surface area contributed by atoms with Gasteiger partial charge in [-0.15, -0.1) is 23.5 Å². The van der Waals surface area contributed by atoms with Crippen LogP contribution in [-0.4, -0.2) is 91.7 Å². The molecule has 2 aromatic carbocycles. The van der Waals surface area contributed by atoms with E-state index in [0.717, 1.165) is 43.1 Å². The van der Waals surface area contributed by atoms with Gasteiger partial charge in [-0.05, 0) is 48.5 Å². The maximum Gasteiger partial charge on any atom is 0.327 e. The summed E-state index contributed by atoms with van der Waals surface area (Å²) in [4.78, 5) is 100. The number of benzene rings is 2. The molecule has 2 saturated heterocycles. The molecule has 2 fully saturated rings. The van der Waals surface area contributed by atoms with Crippen LogP contribution in [0.15, 0.2) is 58.3 Å². The molecule has 0 radical (unpaired) electrons. The Morgan fingerprint density at radius 2 is 1.00 bits per heavy atom. The lowest BCUT2D eigenvalue weighted by Gasteiger charge is -2.17. The molecule has 18 heteroatoms. The van der Waals surface area contributed by atoms with E-state index in [1.165, 1.54) is 35.4 Å². The Bertz CT molecular complexity index is 1500. The third-order valence-electron chi connectivity index (χ3n) is 6.91. The highest BCUT2D eigenvalue weighted by molar-refractivity contribution is 8.76. The second kappa shape index (κ2) is 16.4. The Balaban J connectivity index is 1.29. The summed E-state index contributed by atoms with van der Waals surface area (Å²) in [6.45, 7) is 2.39. The molecule has 0 spiro atoms. The lowest BCUT2D eigenvalue weighted by atomic mass is 10.3. The number of imide groups is 2. The average Bonchev–Trinajstić information content (AvgIpc) is 3.48. The van der Waals surface area contributed by atoms with Crippen molar-refractivity contribution < 1.29 is 48.6 Å². The summed E-state index contributed by atoms with van der Waals surface area (Å²) in [5, 5.41) is 21.7. The molecular formula is C30H30N4O10S4. The first-order valence-electron chi connectivity index (χ1n) is 14.3. The molecule has 4 N–H and O–H groups in total. The molecule has 2 unspecified atom stereocenters. The van der Waals surface area contributed by atoms with E-state index in [2.05, 4.69) is 10.6 Å². The zero-order valence-electron chi connectivity index (χ0n) is 25.4. The van der Waals surface area contributed by atoms with Gasteiger partial charge >= 0.3 is 11.9 Å². The molecule has 4 rings (SSSR count). The Labute approximate surface area is 290 Å². The standard InChI is InChI=1S/C30H30N4O10S4/c1-15(35)31-21(29(41)42)13-45-23-11-25(37)33(27(23)39)17-3-7-19(8-4-17)47-48-20-9-5-18(6-10-20)34-26(38)12-24(28(34)40)46-14-22(30(43)44)32-16(2)36/h3-10,21-24H,11-14H2,1-2H3,(H,31,35)(H,32,36)(H,41,42)(H,43,44)/t21-,22-,23?,24?/m0/s1. The van der Waals surface area contributed by atoms with E-state index in [0.29, 0.717) is 11.4 Å². The minimum Gasteiger partial charge on any atom is -0.480 e. The van der Waals surface area contributed by atoms with E-state index >= 15 is 0 Å². The lowest BCUT2D eigenvalue weighted by molar-refractivity contribution is -0.141. The summed E-state index contributed by atoms with van der Waals surface area (Å²) in [7, 11) is 2.81. The maximum atomic E-state index is 13.0. The van der Waals surface area contributed by atoms with Crippen molar-refractivity contribution >= 4 is 104 Å². The van der Waals surface area contributed by atoms with Crippen molar-refractivity contribution in [2.45, 2.75) is 59.1 Å². The smallest absolute Gasteiger partial charge is 0.327 e. The van der Waals surface area contributed by atoms with Crippen LogP contribution in [0.4, 0.5) is 11.4 Å². The predicted molar refractivity (Wildman–Crippen MR) is 182 cm³/mol. The first-order chi connectivity index (χ1) is 22.7. The number of aliphatic carboxylic acids is 2. The van der Waals surface area contributed by atoms with Crippen LogP contribution in [0.25, 0.3) is 0 Å². The Kier molecular flexibility index (Phi) is 12.6. The largest absolute Gasteiger partial charge is 0.480 e. The highest BCUT2D eigenvalue weighted by Crippen LogP contribution is 2.40. The van der Waals surface area contributed by atoms with Gasteiger partial charge in [0.1, 0.15) is 12.1 Å². The van der Waals surface area contributed by atoms with Crippen molar-refractivity contribution in [3.8, 4) is 0 Å². The number of thioether (sulfide) groups is 2. The number of amides is 6. The van der Waals surface area contributed by atoms with Crippen LogP contribution in [0, 0.1) is 0 Å². The quantitative estimate of drug-likeness (QED) is 0.153. The van der Waals surface area contributed by atoms with Crippen molar-refractivity contribution in [2.24, 2.45) is 0 Å². The van der Waals surface area contributed by atoms with Crippen LogP contribution in [0.5, 0.6) is 0 Å². The van der Waals surface area contributed by atoms with E-state index in [1.54, 1.807) is 48.5 Å². The molecule has 0 aliphatic carbocycles. The molecule has 48 heavy (non-hydrogen) atoms. The highest BCUT2D eigenvalue weighted by atomic mass is 33.1. The van der Waals surface area contributed by atoms with Gasteiger partial charge in [0.05, 0.1) is 21.9 Å². The van der Waals surface area contributed by atoms with Crippen molar-refractivity contribution in [1.29, 1.82) is 0 Å². The highest BCUT2D eigenvalue weighted by Gasteiger charge is 2.41. The molecule has 6 amide bonds. The molecule has 4 atom stereocenters. The van der Waals surface area contributed by atoms with E-state index in [4.69, 9.17) is 0 Å². The number of carbonyl (C=O) groups excluding carboxylic acids is 6. The van der Waals surface area contributed by atoms with Crippen molar-refractivity contribution in [3.63, 3.8) is 0 Å². The van der Waals surface area contributed by atoms with Gasteiger partial charge in [0.25, 0.3) is 0 Å². The summed E-state index contributed by atoms with van der Waals surface area (Å²) in [6.07, 6.45) is -0.174. The fraction of sp³-hybridized carbons (Fsp3) is 0.333. The summed E-state index contributed by atoms with van der Waals surface area (Å²) in [5.74, 6) is -5.36. The third-order valence-corrected chi connectivity index (χ3v) is 11.9. The van der Waals surface area contributed by atoms with Gasteiger partial charge in [-0.1, -0.05) is 21.6 Å². The fourth-order valence-corrected chi connectivity index (χ4v) is 8.92. The number of anilines is 2. The third kappa shape index (κ3) is 9.33. The van der Waals surface area contributed by atoms with Crippen molar-refractivity contribution in [1.82, 2.24) is 10.6 Å². The molecular weight excluding hydrogens is 705 g/mol. The lowest BCUT2D eigenvalue weighted by Crippen LogP contribution is -2.42.